The molecule has 2 amide bonds. The van der Waals surface area contributed by atoms with Gasteiger partial charge < -0.3 is 24.4 Å². The number of aromatic nitrogens is 2. The predicted molar refractivity (Wildman–Crippen MR) is 126 cm³/mol. The number of methoxy groups -OCH3 is 1. The molecule has 190 valence electrons. The van der Waals surface area contributed by atoms with Crippen LogP contribution in [-0.2, 0) is 4.79 Å². The quantitative estimate of drug-likeness (QED) is 0.458. The normalized spacial score (nSPS) is 15.6. The molecule has 3 aromatic rings. The fourth-order valence-electron chi connectivity index (χ4n) is 4.28. The molecule has 5 rings (SSSR count). The number of hydrogen-bond acceptors (Lipinski definition) is 6. The largest absolute Gasteiger partial charge is 0.496 e. The van der Waals surface area contributed by atoms with Crippen LogP contribution in [0, 0.1) is 0 Å². The average molecular weight is 501 g/mol. The summed E-state index contributed by atoms with van der Waals surface area (Å²) in [5, 5.41) is 2.79. The number of likely N-dealkylation sites (tertiary alicyclic amines) is 1. The highest BCUT2D eigenvalue weighted by Crippen LogP contribution is 2.37. The lowest BCUT2D eigenvalue weighted by Gasteiger charge is -2.17. The Morgan fingerprint density at radius 2 is 2.06 bits per heavy atom. The highest BCUT2D eigenvalue weighted by molar-refractivity contribution is 6.01. The summed E-state index contributed by atoms with van der Waals surface area (Å²) in [6.07, 6.45) is 6.50. The molecule has 0 spiro atoms. The molecule has 1 aliphatic heterocycles. The number of nitrogens with one attached hydrogen (secondary N) is 1. The number of nitrogens with zero attached hydrogens (tertiary/aromatic N) is 3. The zero-order valence-corrected chi connectivity index (χ0v) is 19.7. The monoisotopic (exact) mass is 500 g/mol. The van der Waals surface area contributed by atoms with E-state index < -0.39 is 12.5 Å². The van der Waals surface area contributed by atoms with E-state index in [9.17, 15) is 18.4 Å². The molecule has 0 unspecified atom stereocenters. The van der Waals surface area contributed by atoms with Gasteiger partial charge in [0.2, 0.25) is 5.91 Å². The number of hydrogen-bond donors (Lipinski definition) is 1. The third-order valence-electron chi connectivity index (χ3n) is 6.22. The summed E-state index contributed by atoms with van der Waals surface area (Å²) in [6, 6.07) is 6.53. The topological polar surface area (TPSA) is 94.4 Å². The molecule has 11 heteroatoms. The van der Waals surface area contributed by atoms with Crippen LogP contribution in [0.4, 0.5) is 8.78 Å². The fourth-order valence-corrected chi connectivity index (χ4v) is 4.28. The van der Waals surface area contributed by atoms with E-state index in [0.29, 0.717) is 42.2 Å². The maximum atomic E-state index is 13.2. The molecule has 9 nitrogen and oxygen atoms in total. The van der Waals surface area contributed by atoms with Gasteiger partial charge in [-0.3, -0.25) is 14.0 Å². The van der Waals surface area contributed by atoms with Crippen LogP contribution in [0.5, 0.6) is 17.2 Å². The maximum Gasteiger partial charge on any atom is 0.387 e. The van der Waals surface area contributed by atoms with Crippen molar-refractivity contribution in [2.45, 2.75) is 38.3 Å². The highest BCUT2D eigenvalue weighted by atomic mass is 19.3. The van der Waals surface area contributed by atoms with Gasteiger partial charge in [-0.1, -0.05) is 0 Å². The third kappa shape index (κ3) is 5.05. The molecule has 1 saturated carbocycles. The van der Waals surface area contributed by atoms with Crippen LogP contribution in [-0.4, -0.2) is 65.6 Å². The first-order chi connectivity index (χ1) is 17.4. The van der Waals surface area contributed by atoms with E-state index in [2.05, 4.69) is 10.3 Å². The molecule has 1 saturated heterocycles. The smallest absolute Gasteiger partial charge is 0.387 e. The first kappa shape index (κ1) is 23.8. The van der Waals surface area contributed by atoms with Gasteiger partial charge in [0.15, 0.2) is 0 Å². The van der Waals surface area contributed by atoms with Crippen LogP contribution < -0.4 is 19.5 Å². The van der Waals surface area contributed by atoms with Crippen molar-refractivity contribution >= 4 is 17.5 Å². The average Bonchev–Trinajstić information content (AvgIpc) is 3.41. The number of imidazole rings is 1. The van der Waals surface area contributed by atoms with Gasteiger partial charge in [0.25, 0.3) is 5.91 Å². The Morgan fingerprint density at radius 3 is 2.75 bits per heavy atom. The van der Waals surface area contributed by atoms with Crippen LogP contribution in [0.1, 0.15) is 36.0 Å². The lowest BCUT2D eigenvalue weighted by Crippen LogP contribution is -2.29. The fraction of sp³-hybridized carbons (Fsp3) is 0.400. The summed E-state index contributed by atoms with van der Waals surface area (Å²) in [5.41, 5.74) is 1.57. The standard InChI is InChI=1S/C25H26F2N4O5/c1-34-19-11-15(12-20(36-25(26)27)23(19)24(33)29-16-4-5-16)18-14-28-21-13-17(6-8-31(18)21)35-10-9-30-7-2-3-22(30)32/h6,8,11-14,16,25H,2-5,7,9-10H2,1H3,(H,29,33). The summed E-state index contributed by atoms with van der Waals surface area (Å²) in [7, 11) is 1.37. The summed E-state index contributed by atoms with van der Waals surface area (Å²) >= 11 is 0. The van der Waals surface area contributed by atoms with Crippen molar-refractivity contribution < 1.29 is 32.6 Å². The molecule has 3 heterocycles. The molecule has 2 aromatic heterocycles. The van der Waals surface area contributed by atoms with E-state index >= 15 is 0 Å². The van der Waals surface area contributed by atoms with E-state index in [4.69, 9.17) is 14.2 Å². The minimum absolute atomic E-state index is 0.0345. The highest BCUT2D eigenvalue weighted by Gasteiger charge is 2.29. The van der Waals surface area contributed by atoms with Gasteiger partial charge >= 0.3 is 6.61 Å². The number of ether oxygens (including phenoxy) is 3. The Balaban J connectivity index is 1.41. The van der Waals surface area contributed by atoms with Gasteiger partial charge in [0, 0.05) is 36.8 Å². The second-order valence-corrected chi connectivity index (χ2v) is 8.74. The van der Waals surface area contributed by atoms with Crippen molar-refractivity contribution in [3.63, 3.8) is 0 Å². The Morgan fingerprint density at radius 1 is 1.25 bits per heavy atom. The molecule has 1 aromatic carbocycles. The number of fused-ring (bicyclic) bond motifs is 1. The van der Waals surface area contributed by atoms with Gasteiger partial charge in [-0.2, -0.15) is 8.78 Å². The predicted octanol–water partition coefficient (Wildman–Crippen LogP) is 3.50. The lowest BCUT2D eigenvalue weighted by molar-refractivity contribution is -0.128. The van der Waals surface area contributed by atoms with Gasteiger partial charge in [-0.15, -0.1) is 0 Å². The molecular weight excluding hydrogens is 474 g/mol. The van der Waals surface area contributed by atoms with Gasteiger partial charge in [0.1, 0.15) is 35.1 Å². The van der Waals surface area contributed by atoms with Crippen LogP contribution in [0.15, 0.2) is 36.7 Å². The number of amides is 2. The zero-order chi connectivity index (χ0) is 25.2. The zero-order valence-electron chi connectivity index (χ0n) is 19.7. The van der Waals surface area contributed by atoms with E-state index in [1.54, 1.807) is 39.9 Å². The number of carbonyl (C=O) groups is 2. The first-order valence-electron chi connectivity index (χ1n) is 11.8. The molecule has 0 atom stereocenters. The van der Waals surface area contributed by atoms with E-state index in [1.807, 2.05) is 0 Å². The van der Waals surface area contributed by atoms with Crippen molar-refractivity contribution in [2.75, 3.05) is 26.8 Å². The Labute approximate surface area is 205 Å². The number of rotatable bonds is 10. The van der Waals surface area contributed by atoms with Crippen molar-refractivity contribution in [1.82, 2.24) is 19.6 Å². The Kier molecular flexibility index (Phi) is 6.62. The van der Waals surface area contributed by atoms with Crippen molar-refractivity contribution in [3.05, 3.63) is 42.2 Å². The molecule has 2 aliphatic rings. The van der Waals surface area contributed by atoms with Crippen LogP contribution in [0.2, 0.25) is 0 Å². The molecule has 1 aliphatic carbocycles. The number of alkyl halides is 2. The second-order valence-electron chi connectivity index (χ2n) is 8.74. The second kappa shape index (κ2) is 10.00. The van der Waals surface area contributed by atoms with Crippen molar-refractivity contribution in [3.8, 4) is 28.5 Å². The van der Waals surface area contributed by atoms with Crippen LogP contribution in [0.25, 0.3) is 16.9 Å². The van der Waals surface area contributed by atoms with Gasteiger partial charge in [-0.05, 0) is 37.5 Å². The lowest BCUT2D eigenvalue weighted by atomic mass is 10.1. The Hall–Kier alpha value is -3.89. The molecular formula is C25H26F2N4O5. The summed E-state index contributed by atoms with van der Waals surface area (Å²) in [6.45, 7) is -1.47. The minimum Gasteiger partial charge on any atom is -0.496 e. The van der Waals surface area contributed by atoms with E-state index in [-0.39, 0.29) is 29.0 Å². The number of benzene rings is 1. The number of halogens is 2. The minimum atomic E-state index is -3.12. The van der Waals surface area contributed by atoms with Crippen LogP contribution >= 0.6 is 0 Å². The molecule has 0 bridgehead atoms. The molecule has 36 heavy (non-hydrogen) atoms. The van der Waals surface area contributed by atoms with E-state index in [1.165, 1.54) is 13.2 Å². The summed E-state index contributed by atoms with van der Waals surface area (Å²) in [4.78, 5) is 30.7. The number of pyridine rings is 1. The maximum absolute atomic E-state index is 13.2. The van der Waals surface area contributed by atoms with Crippen LogP contribution in [0.3, 0.4) is 0 Å². The molecule has 0 radical (unpaired) electrons. The van der Waals surface area contributed by atoms with Crippen molar-refractivity contribution in [1.29, 1.82) is 0 Å². The molecule has 1 N–H and O–H groups in total. The van der Waals surface area contributed by atoms with Gasteiger partial charge in [-0.25, -0.2) is 4.98 Å². The first-order valence-corrected chi connectivity index (χ1v) is 11.8. The summed E-state index contributed by atoms with van der Waals surface area (Å²) in [5.74, 6) is 0.0648. The third-order valence-corrected chi connectivity index (χ3v) is 6.22. The SMILES string of the molecule is COc1cc(-c2cnc3cc(OCCN4CCCC4=O)ccn23)cc(OC(F)F)c1C(=O)NC1CC1. The van der Waals surface area contributed by atoms with Gasteiger partial charge in [0.05, 0.1) is 25.5 Å². The summed E-state index contributed by atoms with van der Waals surface area (Å²) < 4.78 is 44.1. The number of carbonyl (C=O) groups excluding carboxylic acids is 2. The Bertz CT molecular complexity index is 1290. The van der Waals surface area contributed by atoms with E-state index in [0.717, 1.165) is 25.8 Å². The molecule has 2 fully saturated rings. The van der Waals surface area contributed by atoms with Crippen molar-refractivity contribution in [2.24, 2.45) is 0 Å².